The predicted octanol–water partition coefficient (Wildman–Crippen LogP) is 0.878. The van der Waals surface area contributed by atoms with Crippen molar-refractivity contribution in [3.05, 3.63) is 0 Å². The van der Waals surface area contributed by atoms with Gasteiger partial charge in [-0.1, -0.05) is 0 Å². The van der Waals surface area contributed by atoms with E-state index >= 15 is 0 Å². The van der Waals surface area contributed by atoms with Crippen molar-refractivity contribution in [2.75, 3.05) is 19.6 Å². The number of hydrogen-bond acceptors (Lipinski definition) is 3. The topological polar surface area (TPSA) is 55.4 Å². The van der Waals surface area contributed by atoms with Crippen LogP contribution in [-0.2, 0) is 14.3 Å². The van der Waals surface area contributed by atoms with Crippen LogP contribution in [0.1, 0.15) is 6.92 Å². The Hall–Kier alpha value is -0.820. The normalized spacial score (nSPS) is 15.4. The van der Waals surface area contributed by atoms with Crippen LogP contribution in [0.25, 0.3) is 0 Å². The highest BCUT2D eigenvalue weighted by Crippen LogP contribution is 2.17. The van der Waals surface area contributed by atoms with E-state index in [4.69, 9.17) is 11.6 Å². The lowest BCUT2D eigenvalue weighted by Gasteiger charge is -2.28. The highest BCUT2D eigenvalue weighted by atomic mass is 35.5. The zero-order chi connectivity index (χ0) is 13.0. The minimum absolute atomic E-state index is 0.389. The molecule has 1 N–H and O–H groups in total. The molecule has 0 aliphatic heterocycles. The van der Waals surface area contributed by atoms with E-state index in [2.05, 4.69) is 4.74 Å². The van der Waals surface area contributed by atoms with Crippen LogP contribution in [0.5, 0.6) is 0 Å². The van der Waals surface area contributed by atoms with Crippen molar-refractivity contribution in [1.82, 2.24) is 5.32 Å². The zero-order valence-corrected chi connectivity index (χ0v) is 9.41. The van der Waals surface area contributed by atoms with Gasteiger partial charge in [0, 0.05) is 7.11 Å². The van der Waals surface area contributed by atoms with Crippen molar-refractivity contribution >= 4 is 23.3 Å². The summed E-state index contributed by atoms with van der Waals surface area (Å²) < 4.78 is 40.6. The Morgan fingerprint density at radius 3 is 2.19 bits per heavy atom. The zero-order valence-electron chi connectivity index (χ0n) is 8.65. The van der Waals surface area contributed by atoms with Crippen molar-refractivity contribution < 1.29 is 27.5 Å². The van der Waals surface area contributed by atoms with E-state index in [-0.39, 0.29) is 6.61 Å². The maximum Gasteiger partial charge on any atom is 0.471 e. The van der Waals surface area contributed by atoms with E-state index in [0.717, 1.165) is 6.92 Å². The van der Waals surface area contributed by atoms with Crippen molar-refractivity contribution in [2.24, 2.45) is 0 Å². The molecule has 1 unspecified atom stereocenters. The first kappa shape index (κ1) is 15.2. The van der Waals surface area contributed by atoms with Crippen LogP contribution in [0.15, 0.2) is 0 Å². The molecule has 0 fully saturated rings. The van der Waals surface area contributed by atoms with E-state index in [9.17, 15) is 22.8 Å². The molecule has 0 saturated heterocycles. The summed E-state index contributed by atoms with van der Waals surface area (Å²) in [6.45, 7) is 0.727. The number of ether oxygens (including phenoxy) is 1. The van der Waals surface area contributed by atoms with Crippen molar-refractivity contribution in [2.45, 2.75) is 18.6 Å². The lowest BCUT2D eigenvalue weighted by atomic mass is 9.98. The molecule has 8 heteroatoms. The lowest BCUT2D eigenvalue weighted by Crippen LogP contribution is -2.58. The molecular formula is C8H11ClF3NO3. The summed E-state index contributed by atoms with van der Waals surface area (Å²) in [5, 5.41) is 1.56. The molecule has 0 aromatic rings. The number of hydrogen-bond donors (Lipinski definition) is 1. The summed E-state index contributed by atoms with van der Waals surface area (Å²) in [4.78, 5) is 22.0. The molecule has 0 radical (unpaired) electrons. The first-order valence-electron chi connectivity index (χ1n) is 4.15. The van der Waals surface area contributed by atoms with Gasteiger partial charge in [-0.2, -0.15) is 13.2 Å². The van der Waals surface area contributed by atoms with E-state index in [1.165, 1.54) is 7.11 Å². The summed E-state index contributed by atoms with van der Waals surface area (Å²) in [6.07, 6.45) is -5.05. The number of nitrogens with one attached hydrogen (secondary N) is 1. The molecule has 0 bridgehead atoms. The number of carbonyl (C=O) groups is 2. The Bertz CT molecular complexity index is 282. The van der Waals surface area contributed by atoms with Crippen LogP contribution < -0.4 is 5.32 Å². The Kier molecular flexibility index (Phi) is 5.21. The Morgan fingerprint density at radius 2 is 1.88 bits per heavy atom. The molecule has 0 rings (SSSR count). The fourth-order valence-electron chi connectivity index (χ4n) is 0.944. The number of carbonyl (C=O) groups excluding carboxylic acids is 2. The second-order valence-corrected chi connectivity index (χ2v) is 3.54. The molecule has 0 aliphatic rings. The third-order valence-corrected chi connectivity index (χ3v) is 2.06. The minimum atomic E-state index is -5.05. The van der Waals surface area contributed by atoms with Gasteiger partial charge < -0.3 is 10.1 Å². The number of alkyl halides is 4. The van der Waals surface area contributed by atoms with Gasteiger partial charge in [0.15, 0.2) is 5.78 Å². The van der Waals surface area contributed by atoms with Crippen LogP contribution in [-0.4, -0.2) is 43.0 Å². The highest BCUT2D eigenvalue weighted by molar-refractivity contribution is 6.29. The molecule has 1 atom stereocenters. The molecular weight excluding hydrogens is 251 g/mol. The highest BCUT2D eigenvalue weighted by Gasteiger charge is 2.44. The Morgan fingerprint density at radius 1 is 1.38 bits per heavy atom. The molecule has 94 valence electrons. The van der Waals surface area contributed by atoms with E-state index in [0.29, 0.717) is 0 Å². The van der Waals surface area contributed by atoms with Crippen LogP contribution in [0, 0.1) is 0 Å². The average molecular weight is 262 g/mol. The quantitative estimate of drug-likeness (QED) is 0.748. The van der Waals surface area contributed by atoms with E-state index in [1.54, 1.807) is 5.32 Å². The smallest absolute Gasteiger partial charge is 0.382 e. The van der Waals surface area contributed by atoms with Crippen molar-refractivity contribution in [3.8, 4) is 0 Å². The summed E-state index contributed by atoms with van der Waals surface area (Å²) >= 11 is 5.23. The Labute approximate surface area is 95.1 Å². The molecule has 0 saturated carbocycles. The predicted molar refractivity (Wildman–Crippen MR) is 50.2 cm³/mol. The monoisotopic (exact) mass is 261 g/mol. The summed E-state index contributed by atoms with van der Waals surface area (Å²) in [5.41, 5.74) is -1.77. The molecule has 0 aliphatic carbocycles. The summed E-state index contributed by atoms with van der Waals surface area (Å²) in [6, 6.07) is 0. The third-order valence-electron chi connectivity index (χ3n) is 1.82. The molecule has 1 amide bonds. The van der Waals surface area contributed by atoms with Gasteiger partial charge in [0.05, 0.1) is 12.5 Å². The van der Waals surface area contributed by atoms with Gasteiger partial charge in [-0.3, -0.25) is 9.59 Å². The third kappa shape index (κ3) is 3.97. The largest absolute Gasteiger partial charge is 0.471 e. The molecule has 16 heavy (non-hydrogen) atoms. The van der Waals surface area contributed by atoms with Crippen molar-refractivity contribution in [1.29, 1.82) is 0 Å². The molecule has 0 heterocycles. The molecule has 0 aromatic carbocycles. The fraction of sp³-hybridized carbons (Fsp3) is 0.750. The van der Waals surface area contributed by atoms with Gasteiger partial charge in [-0.15, -0.1) is 11.6 Å². The number of halogens is 4. The van der Waals surface area contributed by atoms with Gasteiger partial charge in [-0.25, -0.2) is 0 Å². The average Bonchev–Trinajstić information content (AvgIpc) is 2.15. The van der Waals surface area contributed by atoms with E-state index in [1.807, 2.05) is 0 Å². The van der Waals surface area contributed by atoms with Crippen LogP contribution in [0.4, 0.5) is 13.2 Å². The molecule has 4 nitrogen and oxygen atoms in total. The maximum atomic E-state index is 12.0. The summed E-state index contributed by atoms with van der Waals surface area (Å²) in [5.74, 6) is -3.48. The second-order valence-electron chi connectivity index (χ2n) is 3.27. The SMILES string of the molecule is COCC(C)(NC(=O)C(F)(F)F)C(=O)CCl. The Balaban J connectivity index is 4.82. The fourth-order valence-corrected chi connectivity index (χ4v) is 1.24. The number of ketones is 1. The van der Waals surface area contributed by atoms with Crippen LogP contribution >= 0.6 is 11.6 Å². The maximum absolute atomic E-state index is 12.0. The number of Topliss-reactive ketones (excluding diaryl/α,β-unsaturated/α-hetero) is 1. The lowest BCUT2D eigenvalue weighted by molar-refractivity contribution is -0.176. The van der Waals surface area contributed by atoms with Gasteiger partial charge in [0.1, 0.15) is 5.54 Å². The van der Waals surface area contributed by atoms with E-state index < -0.39 is 29.3 Å². The van der Waals surface area contributed by atoms with Gasteiger partial charge in [0.25, 0.3) is 0 Å². The number of amides is 1. The van der Waals surface area contributed by atoms with Crippen LogP contribution in [0.2, 0.25) is 0 Å². The number of methoxy groups -OCH3 is 1. The van der Waals surface area contributed by atoms with Gasteiger partial charge in [0.2, 0.25) is 0 Å². The second kappa shape index (κ2) is 5.49. The first-order chi connectivity index (χ1) is 7.17. The van der Waals surface area contributed by atoms with Gasteiger partial charge >= 0.3 is 12.1 Å². The van der Waals surface area contributed by atoms with Gasteiger partial charge in [-0.05, 0) is 6.92 Å². The standard InChI is InChI=1S/C8H11ClF3NO3/c1-7(4-16-2,5(14)3-9)13-6(15)8(10,11)12/h3-4H2,1-2H3,(H,13,15). The van der Waals surface area contributed by atoms with Crippen molar-refractivity contribution in [3.63, 3.8) is 0 Å². The molecule has 0 aromatic heterocycles. The minimum Gasteiger partial charge on any atom is -0.382 e. The summed E-state index contributed by atoms with van der Waals surface area (Å²) in [7, 11) is 1.19. The van der Waals surface area contributed by atoms with Crippen LogP contribution in [0.3, 0.4) is 0 Å². The number of rotatable bonds is 5. The first-order valence-corrected chi connectivity index (χ1v) is 4.68. The molecule has 0 spiro atoms.